The van der Waals surface area contributed by atoms with Gasteiger partial charge in [0.2, 0.25) is 12.4 Å². The van der Waals surface area contributed by atoms with Gasteiger partial charge in [-0.2, -0.15) is 0 Å². The molecular weight excluding hydrogens is 450 g/mol. The summed E-state index contributed by atoms with van der Waals surface area (Å²) in [4.78, 5) is 23.8. The highest BCUT2D eigenvalue weighted by Crippen LogP contribution is 2.26. The van der Waals surface area contributed by atoms with Gasteiger partial charge in [0.25, 0.3) is 0 Å². The zero-order valence-corrected chi connectivity index (χ0v) is 21.4. The van der Waals surface area contributed by atoms with Crippen molar-refractivity contribution in [2.45, 2.75) is 20.3 Å². The minimum atomic E-state index is 0.524. The zero-order chi connectivity index (χ0) is 25.8. The van der Waals surface area contributed by atoms with Crippen LogP contribution in [0.25, 0.3) is 11.3 Å². The highest BCUT2D eigenvalue weighted by Gasteiger charge is 2.13. The molecule has 0 aliphatic heterocycles. The van der Waals surface area contributed by atoms with Crippen molar-refractivity contribution >= 4 is 23.6 Å². The van der Waals surface area contributed by atoms with E-state index in [1.165, 1.54) is 0 Å². The summed E-state index contributed by atoms with van der Waals surface area (Å²) in [5, 5.41) is 2.72. The first kappa shape index (κ1) is 26.5. The van der Waals surface area contributed by atoms with E-state index < -0.39 is 0 Å². The number of ether oxygens (including phenoxy) is 1. The second kappa shape index (κ2) is 13.7. The summed E-state index contributed by atoms with van der Waals surface area (Å²) < 4.78 is 5.53. The molecule has 0 spiro atoms. The maximum atomic E-state index is 10.7. The number of allylic oxidation sites excluding steroid dienone is 1. The molecule has 0 atom stereocenters. The van der Waals surface area contributed by atoms with Gasteiger partial charge in [0.05, 0.1) is 7.11 Å². The summed E-state index contributed by atoms with van der Waals surface area (Å²) in [5.41, 5.74) is 5.32. The molecule has 0 aliphatic carbocycles. The normalized spacial score (nSPS) is 11.0. The first-order valence-electron chi connectivity index (χ1n) is 12.1. The summed E-state index contributed by atoms with van der Waals surface area (Å²) in [6, 6.07) is 18.2. The molecule has 0 fully saturated rings. The summed E-state index contributed by atoms with van der Waals surface area (Å²) in [7, 11) is 1.70. The number of carbonyl (C=O) groups is 1. The first-order valence-corrected chi connectivity index (χ1v) is 12.1. The number of carbonyl (C=O) groups excluding carboxylic acids is 1. The summed E-state index contributed by atoms with van der Waals surface area (Å²) in [6.45, 7) is 11.2. The Morgan fingerprint density at radius 2 is 1.78 bits per heavy atom. The SMILES string of the molecule is C=C(c1ccccc1)N(/C=C(\C)c1ccc(C)c(OC)c1)CCCN(CCNC=O)c1ncccn1. The van der Waals surface area contributed by atoms with Crippen LogP contribution in [0.4, 0.5) is 5.95 Å². The average molecular weight is 486 g/mol. The predicted molar refractivity (Wildman–Crippen MR) is 146 cm³/mol. The molecule has 0 unspecified atom stereocenters. The van der Waals surface area contributed by atoms with Gasteiger partial charge in [-0.05, 0) is 54.7 Å². The Morgan fingerprint density at radius 3 is 2.47 bits per heavy atom. The lowest BCUT2D eigenvalue weighted by atomic mass is 10.0. The number of anilines is 1. The van der Waals surface area contributed by atoms with Crippen molar-refractivity contribution in [2.75, 3.05) is 38.2 Å². The van der Waals surface area contributed by atoms with Crippen LogP contribution >= 0.6 is 0 Å². The van der Waals surface area contributed by atoms with Crippen LogP contribution in [-0.2, 0) is 4.79 Å². The molecule has 36 heavy (non-hydrogen) atoms. The molecule has 3 rings (SSSR count). The van der Waals surface area contributed by atoms with Gasteiger partial charge < -0.3 is 19.9 Å². The molecule has 0 saturated carbocycles. The Labute approximate surface area is 214 Å². The Morgan fingerprint density at radius 1 is 1.03 bits per heavy atom. The van der Waals surface area contributed by atoms with Gasteiger partial charge in [0, 0.05) is 50.5 Å². The minimum Gasteiger partial charge on any atom is -0.496 e. The fraction of sp³-hybridized carbons (Fsp3) is 0.276. The van der Waals surface area contributed by atoms with Crippen molar-refractivity contribution in [1.82, 2.24) is 20.2 Å². The van der Waals surface area contributed by atoms with Gasteiger partial charge in [0.15, 0.2) is 0 Å². The lowest BCUT2D eigenvalue weighted by Crippen LogP contribution is -2.35. The molecule has 7 nitrogen and oxygen atoms in total. The lowest BCUT2D eigenvalue weighted by molar-refractivity contribution is -0.109. The monoisotopic (exact) mass is 485 g/mol. The van der Waals surface area contributed by atoms with Gasteiger partial charge in [-0.25, -0.2) is 9.97 Å². The molecule has 0 saturated heterocycles. The third-order valence-corrected chi connectivity index (χ3v) is 5.94. The second-order valence-corrected chi connectivity index (χ2v) is 8.46. The summed E-state index contributed by atoms with van der Waals surface area (Å²) >= 11 is 0. The van der Waals surface area contributed by atoms with E-state index in [-0.39, 0.29) is 0 Å². The molecule has 1 aromatic heterocycles. The molecule has 0 bridgehead atoms. The quantitative estimate of drug-likeness (QED) is 0.262. The molecule has 7 heteroatoms. The third-order valence-electron chi connectivity index (χ3n) is 5.94. The van der Waals surface area contributed by atoms with E-state index >= 15 is 0 Å². The number of aromatic nitrogens is 2. The van der Waals surface area contributed by atoms with Crippen LogP contribution in [0, 0.1) is 6.92 Å². The van der Waals surface area contributed by atoms with Crippen LogP contribution in [0.5, 0.6) is 5.75 Å². The number of hydrogen-bond acceptors (Lipinski definition) is 6. The van der Waals surface area contributed by atoms with Gasteiger partial charge in [-0.15, -0.1) is 0 Å². The summed E-state index contributed by atoms with van der Waals surface area (Å²) in [6.07, 6.45) is 7.16. The molecule has 1 N–H and O–H groups in total. The van der Waals surface area contributed by atoms with Crippen molar-refractivity contribution < 1.29 is 9.53 Å². The molecular formula is C29H35N5O2. The predicted octanol–water partition coefficient (Wildman–Crippen LogP) is 4.77. The van der Waals surface area contributed by atoms with Crippen LogP contribution in [0.15, 0.2) is 79.8 Å². The minimum absolute atomic E-state index is 0.524. The van der Waals surface area contributed by atoms with Gasteiger partial charge in [-0.3, -0.25) is 4.79 Å². The number of aryl methyl sites for hydroxylation is 1. The van der Waals surface area contributed by atoms with Crippen LogP contribution in [-0.4, -0.2) is 54.6 Å². The van der Waals surface area contributed by atoms with E-state index in [0.717, 1.165) is 53.2 Å². The van der Waals surface area contributed by atoms with E-state index in [0.29, 0.717) is 25.4 Å². The summed E-state index contributed by atoms with van der Waals surface area (Å²) in [5.74, 6) is 1.52. The smallest absolute Gasteiger partial charge is 0.225 e. The molecule has 1 amide bonds. The standard InChI is InChI=1S/C29H35N5O2/c1-23-12-13-27(20-28(23)36-4)24(2)21-34(25(3)26-10-6-5-7-11-26)18-9-17-33(19-16-30-22-35)29-31-14-8-15-32-29/h5-8,10-15,20-22H,3,9,16-19H2,1-2,4H3,(H,30,35)/b24-21+. The molecule has 0 radical (unpaired) electrons. The Hall–Kier alpha value is -4.13. The zero-order valence-electron chi connectivity index (χ0n) is 21.4. The van der Waals surface area contributed by atoms with E-state index in [4.69, 9.17) is 4.74 Å². The van der Waals surface area contributed by atoms with Gasteiger partial charge >= 0.3 is 0 Å². The van der Waals surface area contributed by atoms with Crippen LogP contribution < -0.4 is 15.0 Å². The van der Waals surface area contributed by atoms with Crippen LogP contribution in [0.2, 0.25) is 0 Å². The van der Waals surface area contributed by atoms with E-state index in [1.807, 2.05) is 25.1 Å². The maximum absolute atomic E-state index is 10.7. The Kier molecular flexibility index (Phi) is 10.1. The maximum Gasteiger partial charge on any atom is 0.225 e. The lowest BCUT2D eigenvalue weighted by Gasteiger charge is -2.27. The number of nitrogens with zero attached hydrogens (tertiary/aromatic N) is 4. The van der Waals surface area contributed by atoms with Gasteiger partial charge in [0.1, 0.15) is 5.75 Å². The van der Waals surface area contributed by atoms with E-state index in [9.17, 15) is 4.79 Å². The van der Waals surface area contributed by atoms with E-state index in [2.05, 4.69) is 75.1 Å². The molecule has 188 valence electrons. The van der Waals surface area contributed by atoms with Crippen molar-refractivity contribution in [3.63, 3.8) is 0 Å². The molecule has 1 heterocycles. The van der Waals surface area contributed by atoms with Crippen LogP contribution in [0.1, 0.15) is 30.0 Å². The number of nitrogens with one attached hydrogen (secondary N) is 1. The van der Waals surface area contributed by atoms with Gasteiger partial charge in [-0.1, -0.05) is 49.0 Å². The average Bonchev–Trinajstić information content (AvgIpc) is 2.92. The Bertz CT molecular complexity index is 1150. The molecule has 0 aliphatic rings. The van der Waals surface area contributed by atoms with E-state index in [1.54, 1.807) is 25.6 Å². The molecule has 2 aromatic carbocycles. The number of methoxy groups -OCH3 is 1. The second-order valence-electron chi connectivity index (χ2n) is 8.46. The number of rotatable bonds is 14. The fourth-order valence-corrected chi connectivity index (χ4v) is 3.90. The Balaban J connectivity index is 1.80. The van der Waals surface area contributed by atoms with Crippen molar-refractivity contribution in [3.8, 4) is 5.75 Å². The third kappa shape index (κ3) is 7.43. The number of amides is 1. The largest absolute Gasteiger partial charge is 0.496 e. The number of hydrogen-bond donors (Lipinski definition) is 1. The highest BCUT2D eigenvalue weighted by atomic mass is 16.5. The fourth-order valence-electron chi connectivity index (χ4n) is 3.90. The van der Waals surface area contributed by atoms with Crippen molar-refractivity contribution in [1.29, 1.82) is 0 Å². The molecule has 3 aromatic rings. The topological polar surface area (TPSA) is 70.6 Å². The number of benzene rings is 2. The van der Waals surface area contributed by atoms with Crippen molar-refractivity contribution in [2.24, 2.45) is 0 Å². The van der Waals surface area contributed by atoms with Crippen LogP contribution in [0.3, 0.4) is 0 Å². The highest BCUT2D eigenvalue weighted by molar-refractivity contribution is 5.69. The van der Waals surface area contributed by atoms with Crippen molar-refractivity contribution in [3.05, 3.63) is 96.5 Å². The first-order chi connectivity index (χ1) is 17.5.